The topological polar surface area (TPSA) is 76.1 Å². The van der Waals surface area contributed by atoms with E-state index >= 15 is 0 Å². The summed E-state index contributed by atoms with van der Waals surface area (Å²) in [6.45, 7) is 1.69. The van der Waals surface area contributed by atoms with Crippen molar-refractivity contribution >= 4 is 27.8 Å². The van der Waals surface area contributed by atoms with E-state index in [4.69, 9.17) is 14.6 Å². The van der Waals surface area contributed by atoms with Crippen molar-refractivity contribution < 1.29 is 24.2 Å². The minimum absolute atomic E-state index is 0.137. The van der Waals surface area contributed by atoms with Crippen molar-refractivity contribution in [2.24, 2.45) is 5.92 Å². The fraction of sp³-hybridized carbons (Fsp3) is 0.500. The molecule has 0 atom stereocenters. The first-order valence-electron chi connectivity index (χ1n) is 7.46. The molecular weight excluding hydrogens is 366 g/mol. The molecule has 0 aliphatic carbocycles. The van der Waals surface area contributed by atoms with Gasteiger partial charge in [0, 0.05) is 24.7 Å². The molecule has 7 heteroatoms. The number of aliphatic carboxylic acids is 1. The second-order valence-electron chi connectivity index (χ2n) is 5.39. The van der Waals surface area contributed by atoms with Gasteiger partial charge in [-0.05, 0) is 31.0 Å². The van der Waals surface area contributed by atoms with E-state index in [-0.39, 0.29) is 11.8 Å². The highest BCUT2D eigenvalue weighted by Gasteiger charge is 2.28. The lowest BCUT2D eigenvalue weighted by molar-refractivity contribution is -0.143. The molecule has 1 amide bonds. The van der Waals surface area contributed by atoms with Gasteiger partial charge >= 0.3 is 5.97 Å². The van der Waals surface area contributed by atoms with Crippen molar-refractivity contribution in [1.82, 2.24) is 4.90 Å². The van der Waals surface area contributed by atoms with Crippen LogP contribution >= 0.6 is 15.9 Å². The Morgan fingerprint density at radius 2 is 2.00 bits per heavy atom. The van der Waals surface area contributed by atoms with Crippen LogP contribution in [0, 0.1) is 5.92 Å². The van der Waals surface area contributed by atoms with Crippen LogP contribution in [-0.4, -0.2) is 55.3 Å². The maximum absolute atomic E-state index is 12.7. The Labute approximate surface area is 143 Å². The predicted molar refractivity (Wildman–Crippen MR) is 87.8 cm³/mol. The molecule has 1 heterocycles. The highest BCUT2D eigenvalue weighted by molar-refractivity contribution is 9.10. The third-order valence-electron chi connectivity index (χ3n) is 3.85. The summed E-state index contributed by atoms with van der Waals surface area (Å²) in [6.07, 6.45) is 0.962. The number of hydrogen-bond acceptors (Lipinski definition) is 4. The van der Waals surface area contributed by atoms with E-state index in [1.54, 1.807) is 24.1 Å². The highest BCUT2D eigenvalue weighted by Crippen LogP contribution is 2.27. The standard InChI is InChI=1S/C16H20BrNO5/c1-22-8-9-23-14-3-2-12(17)10-13(14)15(19)18-6-4-11(5-7-18)16(20)21/h2-3,10-11H,4-9H2,1H3,(H,20,21). The van der Waals surface area contributed by atoms with Gasteiger partial charge in [-0.25, -0.2) is 0 Å². The maximum atomic E-state index is 12.7. The molecule has 0 saturated carbocycles. The second kappa shape index (κ2) is 8.31. The fourth-order valence-corrected chi connectivity index (χ4v) is 2.89. The first kappa shape index (κ1) is 17.7. The smallest absolute Gasteiger partial charge is 0.306 e. The summed E-state index contributed by atoms with van der Waals surface area (Å²) >= 11 is 3.37. The minimum atomic E-state index is -0.789. The summed E-state index contributed by atoms with van der Waals surface area (Å²) in [7, 11) is 1.59. The molecule has 1 fully saturated rings. The van der Waals surface area contributed by atoms with Crippen molar-refractivity contribution in [1.29, 1.82) is 0 Å². The van der Waals surface area contributed by atoms with Crippen molar-refractivity contribution in [3.8, 4) is 5.75 Å². The van der Waals surface area contributed by atoms with Gasteiger partial charge in [0.2, 0.25) is 0 Å². The van der Waals surface area contributed by atoms with Gasteiger partial charge in [0.25, 0.3) is 5.91 Å². The Morgan fingerprint density at radius 1 is 1.30 bits per heavy atom. The number of ether oxygens (including phenoxy) is 2. The number of methoxy groups -OCH3 is 1. The van der Waals surface area contributed by atoms with E-state index in [2.05, 4.69) is 15.9 Å². The minimum Gasteiger partial charge on any atom is -0.490 e. The molecular formula is C16H20BrNO5. The molecule has 1 aromatic rings. The van der Waals surface area contributed by atoms with Gasteiger partial charge < -0.3 is 19.5 Å². The first-order valence-corrected chi connectivity index (χ1v) is 8.25. The predicted octanol–water partition coefficient (Wildman–Crippen LogP) is 2.41. The number of carbonyl (C=O) groups excluding carboxylic acids is 1. The molecule has 0 aromatic heterocycles. The van der Waals surface area contributed by atoms with Crippen LogP contribution in [0.4, 0.5) is 0 Å². The highest BCUT2D eigenvalue weighted by atomic mass is 79.9. The average molecular weight is 386 g/mol. The first-order chi connectivity index (χ1) is 11.0. The zero-order valence-electron chi connectivity index (χ0n) is 13.0. The van der Waals surface area contributed by atoms with E-state index < -0.39 is 5.97 Å². The second-order valence-corrected chi connectivity index (χ2v) is 6.30. The van der Waals surface area contributed by atoms with E-state index in [9.17, 15) is 9.59 Å². The number of rotatable bonds is 6. The average Bonchev–Trinajstić information content (AvgIpc) is 2.55. The Hall–Kier alpha value is -1.60. The maximum Gasteiger partial charge on any atom is 0.306 e. The van der Waals surface area contributed by atoms with Gasteiger partial charge in [-0.1, -0.05) is 15.9 Å². The molecule has 126 valence electrons. The lowest BCUT2D eigenvalue weighted by atomic mass is 9.96. The van der Waals surface area contributed by atoms with Gasteiger partial charge in [0.15, 0.2) is 0 Å². The van der Waals surface area contributed by atoms with Crippen LogP contribution in [0.1, 0.15) is 23.2 Å². The summed E-state index contributed by atoms with van der Waals surface area (Å²) in [5.41, 5.74) is 0.476. The quantitative estimate of drug-likeness (QED) is 0.760. The lowest BCUT2D eigenvalue weighted by Gasteiger charge is -2.30. The summed E-state index contributed by atoms with van der Waals surface area (Å²) in [6, 6.07) is 5.29. The summed E-state index contributed by atoms with van der Waals surface area (Å²) in [5.74, 6) is -0.778. The molecule has 23 heavy (non-hydrogen) atoms. The van der Waals surface area contributed by atoms with Crippen LogP contribution in [0.15, 0.2) is 22.7 Å². The molecule has 1 aromatic carbocycles. The van der Waals surface area contributed by atoms with Crippen molar-refractivity contribution in [3.05, 3.63) is 28.2 Å². The molecule has 6 nitrogen and oxygen atoms in total. The van der Waals surface area contributed by atoms with Gasteiger partial charge in [0.05, 0.1) is 18.1 Å². The van der Waals surface area contributed by atoms with Gasteiger partial charge in [-0.15, -0.1) is 0 Å². The fourth-order valence-electron chi connectivity index (χ4n) is 2.53. The van der Waals surface area contributed by atoms with Gasteiger partial charge in [-0.3, -0.25) is 9.59 Å². The van der Waals surface area contributed by atoms with Crippen LogP contribution in [0.3, 0.4) is 0 Å². The molecule has 0 spiro atoms. The number of carboxylic acids is 1. The zero-order valence-corrected chi connectivity index (χ0v) is 14.5. The zero-order chi connectivity index (χ0) is 16.8. The van der Waals surface area contributed by atoms with E-state index in [1.807, 2.05) is 6.07 Å². The van der Waals surface area contributed by atoms with Crippen LogP contribution in [0.2, 0.25) is 0 Å². The third kappa shape index (κ3) is 4.68. The van der Waals surface area contributed by atoms with Crippen LogP contribution in [0.5, 0.6) is 5.75 Å². The number of carbonyl (C=O) groups is 2. The lowest BCUT2D eigenvalue weighted by Crippen LogP contribution is -2.40. The van der Waals surface area contributed by atoms with Gasteiger partial charge in [0.1, 0.15) is 12.4 Å². The summed E-state index contributed by atoms with van der Waals surface area (Å²) in [5, 5.41) is 9.04. The molecule has 1 saturated heterocycles. The number of amides is 1. The van der Waals surface area contributed by atoms with Gasteiger partial charge in [-0.2, -0.15) is 0 Å². The third-order valence-corrected chi connectivity index (χ3v) is 4.34. The number of piperidine rings is 1. The Morgan fingerprint density at radius 3 is 2.61 bits per heavy atom. The Bertz CT molecular complexity index is 570. The molecule has 1 aliphatic heterocycles. The monoisotopic (exact) mass is 385 g/mol. The number of likely N-dealkylation sites (tertiary alicyclic amines) is 1. The normalized spacial score (nSPS) is 15.5. The van der Waals surface area contributed by atoms with Crippen molar-refractivity contribution in [3.63, 3.8) is 0 Å². The van der Waals surface area contributed by atoms with E-state index in [0.717, 1.165) is 4.47 Å². The van der Waals surface area contributed by atoms with Crippen LogP contribution in [0.25, 0.3) is 0 Å². The Balaban J connectivity index is 2.09. The molecule has 0 bridgehead atoms. The number of halogens is 1. The summed E-state index contributed by atoms with van der Waals surface area (Å²) in [4.78, 5) is 25.4. The molecule has 0 unspecified atom stereocenters. The summed E-state index contributed by atoms with van der Waals surface area (Å²) < 4.78 is 11.4. The van der Waals surface area contributed by atoms with Crippen LogP contribution in [-0.2, 0) is 9.53 Å². The molecule has 0 radical (unpaired) electrons. The molecule has 1 aliphatic rings. The molecule has 1 N–H and O–H groups in total. The van der Waals surface area contributed by atoms with E-state index in [1.165, 1.54) is 0 Å². The van der Waals surface area contributed by atoms with Crippen LogP contribution < -0.4 is 4.74 Å². The van der Waals surface area contributed by atoms with Crippen molar-refractivity contribution in [2.45, 2.75) is 12.8 Å². The largest absolute Gasteiger partial charge is 0.490 e. The molecule has 2 rings (SSSR count). The number of nitrogens with zero attached hydrogens (tertiary/aromatic N) is 1. The SMILES string of the molecule is COCCOc1ccc(Br)cc1C(=O)N1CCC(C(=O)O)CC1. The number of hydrogen-bond donors (Lipinski definition) is 1. The number of carboxylic acid groups (broad SMARTS) is 1. The van der Waals surface area contributed by atoms with Crippen molar-refractivity contribution in [2.75, 3.05) is 33.4 Å². The Kier molecular flexibility index (Phi) is 6.41. The van der Waals surface area contributed by atoms with E-state index in [0.29, 0.717) is 50.5 Å². The number of benzene rings is 1.